The molecule has 9 heteroatoms. The Morgan fingerprint density at radius 3 is 2.87 bits per heavy atom. The third-order valence-electron chi connectivity index (χ3n) is 4.82. The minimum Gasteiger partial charge on any atom is -0.382 e. The van der Waals surface area contributed by atoms with Crippen LogP contribution in [0.4, 0.5) is 5.82 Å². The number of ether oxygens (including phenoxy) is 1. The maximum Gasteiger partial charge on any atom is 0.237 e. The van der Waals surface area contributed by atoms with Crippen molar-refractivity contribution in [3.63, 3.8) is 0 Å². The third-order valence-corrected chi connectivity index (χ3v) is 5.82. The highest BCUT2D eigenvalue weighted by Crippen LogP contribution is 2.29. The van der Waals surface area contributed by atoms with E-state index in [1.807, 2.05) is 31.2 Å². The van der Waals surface area contributed by atoms with Gasteiger partial charge in [0, 0.05) is 30.8 Å². The fourth-order valence-corrected chi connectivity index (χ4v) is 3.99. The lowest BCUT2D eigenvalue weighted by Crippen LogP contribution is -2.42. The molecule has 5 N–H and O–H groups in total. The third kappa shape index (κ3) is 5.03. The van der Waals surface area contributed by atoms with Crippen molar-refractivity contribution in [3.8, 4) is 0 Å². The number of aryl methyl sites for hydroxylation is 1. The smallest absolute Gasteiger partial charge is 0.237 e. The summed E-state index contributed by atoms with van der Waals surface area (Å²) in [6.07, 6.45) is 0.737. The maximum absolute atomic E-state index is 12.1. The molecule has 3 aromatic rings. The van der Waals surface area contributed by atoms with Crippen LogP contribution in [0.25, 0.3) is 21.9 Å². The van der Waals surface area contributed by atoms with Crippen molar-refractivity contribution in [3.05, 3.63) is 30.1 Å². The average molecular weight is 431 g/mol. The number of carbonyl (C=O) groups excluding carboxylic acids is 1. The summed E-state index contributed by atoms with van der Waals surface area (Å²) >= 11 is 1.67. The molecule has 1 aromatic carbocycles. The first-order valence-electron chi connectivity index (χ1n) is 10.3. The van der Waals surface area contributed by atoms with Crippen molar-refractivity contribution in [2.45, 2.75) is 39.5 Å². The molecule has 2 heterocycles. The number of nitrogen functional groups attached to an aromatic ring is 1. The molecule has 162 valence electrons. The van der Waals surface area contributed by atoms with Gasteiger partial charge in [-0.05, 0) is 25.2 Å². The zero-order valence-corrected chi connectivity index (χ0v) is 18.4. The van der Waals surface area contributed by atoms with Crippen molar-refractivity contribution >= 4 is 45.4 Å². The average Bonchev–Trinajstić information content (AvgIpc) is 3.12. The van der Waals surface area contributed by atoms with Gasteiger partial charge in [0.2, 0.25) is 5.91 Å². The number of hydrogen-bond donors (Lipinski definition) is 3. The zero-order valence-electron chi connectivity index (χ0n) is 17.6. The number of para-hydroxylation sites is 1. The normalized spacial score (nSPS) is 12.5. The van der Waals surface area contributed by atoms with Gasteiger partial charge in [-0.25, -0.2) is 9.97 Å². The lowest BCUT2D eigenvalue weighted by atomic mass is 10.2. The number of carbonyl (C=O) groups is 1. The van der Waals surface area contributed by atoms with E-state index in [2.05, 4.69) is 21.8 Å². The van der Waals surface area contributed by atoms with Crippen LogP contribution in [0, 0.1) is 0 Å². The maximum atomic E-state index is 12.1. The van der Waals surface area contributed by atoms with Crippen LogP contribution in [0.2, 0.25) is 0 Å². The van der Waals surface area contributed by atoms with E-state index in [4.69, 9.17) is 21.2 Å². The molecule has 0 aliphatic heterocycles. The first-order chi connectivity index (χ1) is 14.6. The first kappa shape index (κ1) is 22.3. The molecule has 0 aliphatic carbocycles. The van der Waals surface area contributed by atoms with Crippen LogP contribution in [0.15, 0.2) is 24.3 Å². The van der Waals surface area contributed by atoms with Gasteiger partial charge >= 0.3 is 0 Å². The summed E-state index contributed by atoms with van der Waals surface area (Å²) in [5.74, 6) is 2.68. The molecule has 0 saturated heterocycles. The van der Waals surface area contributed by atoms with Crippen molar-refractivity contribution in [2.75, 3.05) is 30.4 Å². The van der Waals surface area contributed by atoms with Crippen LogP contribution in [0.5, 0.6) is 0 Å². The number of benzene rings is 1. The number of imidazole rings is 1. The van der Waals surface area contributed by atoms with Gasteiger partial charge in [-0.1, -0.05) is 25.1 Å². The molecule has 8 nitrogen and oxygen atoms in total. The van der Waals surface area contributed by atoms with Crippen LogP contribution in [-0.2, 0) is 22.7 Å². The second kappa shape index (κ2) is 10.6. The predicted octanol–water partition coefficient (Wildman–Crippen LogP) is 2.29. The number of pyridine rings is 1. The highest BCUT2D eigenvalue weighted by molar-refractivity contribution is 7.99. The Hall–Kier alpha value is -2.36. The quantitative estimate of drug-likeness (QED) is 0.399. The number of fused-ring (bicyclic) bond motifs is 3. The number of anilines is 1. The Balaban J connectivity index is 1.80. The molecule has 1 unspecified atom stereocenters. The number of thioether (sulfide) groups is 1. The number of amides is 1. The van der Waals surface area contributed by atoms with Gasteiger partial charge in [0.1, 0.15) is 17.9 Å². The highest BCUT2D eigenvalue weighted by atomic mass is 32.2. The van der Waals surface area contributed by atoms with Crippen LogP contribution in [-0.4, -0.2) is 51.1 Å². The molecule has 0 fully saturated rings. The van der Waals surface area contributed by atoms with Crippen LogP contribution in [0.1, 0.15) is 26.1 Å². The molecule has 0 spiro atoms. The number of nitrogens with zero attached hydrogens (tertiary/aromatic N) is 3. The Bertz CT molecular complexity index is 1010. The Morgan fingerprint density at radius 2 is 2.10 bits per heavy atom. The number of hydrogen-bond acceptors (Lipinski definition) is 7. The summed E-state index contributed by atoms with van der Waals surface area (Å²) < 4.78 is 7.75. The SMILES string of the molecule is CCOCc1nc2c(N)nc3ccccc3c2n1CCCNC(=O)C(N)CSCC. The Labute approximate surface area is 180 Å². The van der Waals surface area contributed by atoms with Crippen molar-refractivity contribution in [2.24, 2.45) is 5.73 Å². The summed E-state index contributed by atoms with van der Waals surface area (Å²) in [6, 6.07) is 7.42. The fourth-order valence-electron chi connectivity index (χ4n) is 3.35. The number of nitrogens with one attached hydrogen (secondary N) is 1. The summed E-state index contributed by atoms with van der Waals surface area (Å²) in [6.45, 7) is 6.21. The molecule has 0 aliphatic rings. The first-order valence-corrected chi connectivity index (χ1v) is 11.4. The molecule has 1 amide bonds. The predicted molar refractivity (Wildman–Crippen MR) is 123 cm³/mol. The summed E-state index contributed by atoms with van der Waals surface area (Å²) in [5, 5.41) is 3.93. The lowest BCUT2D eigenvalue weighted by molar-refractivity contribution is -0.121. The second-order valence-corrected chi connectivity index (χ2v) is 8.26. The van der Waals surface area contributed by atoms with Crippen LogP contribution in [0.3, 0.4) is 0 Å². The van der Waals surface area contributed by atoms with Gasteiger partial charge in [-0.2, -0.15) is 11.8 Å². The van der Waals surface area contributed by atoms with Crippen molar-refractivity contribution < 1.29 is 9.53 Å². The van der Waals surface area contributed by atoms with E-state index in [9.17, 15) is 4.79 Å². The standard InChI is InChI=1S/C21H30N6O2S/c1-3-29-12-17-26-18-19(14-8-5-6-9-16(14)25-20(18)23)27(17)11-7-10-24-21(28)15(22)13-30-4-2/h5-6,8-9,15H,3-4,7,10-13,22H2,1-2H3,(H2,23,25)(H,24,28). The summed E-state index contributed by atoms with van der Waals surface area (Å²) in [5.41, 5.74) is 14.6. The van der Waals surface area contributed by atoms with Crippen molar-refractivity contribution in [1.82, 2.24) is 19.9 Å². The minimum atomic E-state index is -0.479. The number of aromatic nitrogens is 3. The summed E-state index contributed by atoms with van der Waals surface area (Å²) in [7, 11) is 0. The van der Waals surface area contributed by atoms with Gasteiger partial charge in [-0.15, -0.1) is 0 Å². The Kier molecular flexibility index (Phi) is 7.89. The van der Waals surface area contributed by atoms with E-state index in [1.54, 1.807) is 11.8 Å². The molecule has 0 saturated carbocycles. The second-order valence-electron chi connectivity index (χ2n) is 6.94. The van der Waals surface area contributed by atoms with E-state index < -0.39 is 6.04 Å². The van der Waals surface area contributed by atoms with Crippen LogP contribution < -0.4 is 16.8 Å². The highest BCUT2D eigenvalue weighted by Gasteiger charge is 2.17. The molecule has 30 heavy (non-hydrogen) atoms. The Morgan fingerprint density at radius 1 is 1.30 bits per heavy atom. The van der Waals surface area contributed by atoms with E-state index in [0.717, 1.165) is 34.4 Å². The number of rotatable bonds is 11. The lowest BCUT2D eigenvalue weighted by Gasteiger charge is -2.13. The largest absolute Gasteiger partial charge is 0.382 e. The van der Waals surface area contributed by atoms with E-state index in [0.29, 0.717) is 43.4 Å². The van der Waals surface area contributed by atoms with Gasteiger partial charge in [0.05, 0.1) is 17.1 Å². The molecular formula is C21H30N6O2S. The van der Waals surface area contributed by atoms with Crippen LogP contribution >= 0.6 is 11.8 Å². The van der Waals surface area contributed by atoms with E-state index in [-0.39, 0.29) is 5.91 Å². The van der Waals surface area contributed by atoms with Gasteiger partial charge in [0.25, 0.3) is 0 Å². The fraction of sp³-hybridized carbons (Fsp3) is 0.476. The molecule has 0 bridgehead atoms. The minimum absolute atomic E-state index is 0.111. The molecule has 1 atom stereocenters. The van der Waals surface area contributed by atoms with Gasteiger partial charge < -0.3 is 26.1 Å². The zero-order chi connectivity index (χ0) is 21.5. The van der Waals surface area contributed by atoms with Gasteiger partial charge in [-0.3, -0.25) is 4.79 Å². The monoisotopic (exact) mass is 430 g/mol. The van der Waals surface area contributed by atoms with E-state index in [1.165, 1.54) is 0 Å². The molecular weight excluding hydrogens is 400 g/mol. The molecule has 0 radical (unpaired) electrons. The van der Waals surface area contributed by atoms with Crippen molar-refractivity contribution in [1.29, 1.82) is 0 Å². The summed E-state index contributed by atoms with van der Waals surface area (Å²) in [4.78, 5) is 21.3. The molecule has 2 aromatic heterocycles. The molecule has 3 rings (SSSR count). The van der Waals surface area contributed by atoms with E-state index >= 15 is 0 Å². The topological polar surface area (TPSA) is 121 Å². The van der Waals surface area contributed by atoms with Gasteiger partial charge in [0.15, 0.2) is 5.82 Å². The number of nitrogens with two attached hydrogens (primary N) is 2.